The standard InChI is InChI=1S/C18H25FN4O/c1-13(2)18-17(21-12-24-18)11-22-6-7-23(14(3)9-22)10-15-4-5-20-8-16(15)19/h4-5,8,12-14H,6-7,9-11H2,1-3H3. The Balaban J connectivity index is 1.59. The average Bonchev–Trinajstić information content (AvgIpc) is 3.00. The molecule has 24 heavy (non-hydrogen) atoms. The summed E-state index contributed by atoms with van der Waals surface area (Å²) in [4.78, 5) is 12.9. The average molecular weight is 332 g/mol. The van der Waals surface area contributed by atoms with Gasteiger partial charge in [-0.15, -0.1) is 0 Å². The van der Waals surface area contributed by atoms with Crippen molar-refractivity contribution >= 4 is 0 Å². The van der Waals surface area contributed by atoms with Crippen LogP contribution < -0.4 is 0 Å². The van der Waals surface area contributed by atoms with Gasteiger partial charge < -0.3 is 4.42 Å². The zero-order valence-corrected chi connectivity index (χ0v) is 14.6. The zero-order valence-electron chi connectivity index (χ0n) is 14.6. The SMILES string of the molecule is CC(C)c1ocnc1CN1CCN(Cc2ccncc2F)C(C)C1. The van der Waals surface area contributed by atoms with Crippen LogP contribution >= 0.6 is 0 Å². The summed E-state index contributed by atoms with van der Waals surface area (Å²) in [5, 5.41) is 0. The summed E-state index contributed by atoms with van der Waals surface area (Å²) < 4.78 is 19.3. The molecule has 3 heterocycles. The van der Waals surface area contributed by atoms with Crippen LogP contribution in [0, 0.1) is 5.82 Å². The van der Waals surface area contributed by atoms with Gasteiger partial charge in [0.1, 0.15) is 11.6 Å². The number of rotatable bonds is 5. The van der Waals surface area contributed by atoms with Crippen molar-refractivity contribution in [1.29, 1.82) is 0 Å². The van der Waals surface area contributed by atoms with E-state index < -0.39 is 0 Å². The Morgan fingerprint density at radius 1 is 1.33 bits per heavy atom. The van der Waals surface area contributed by atoms with Gasteiger partial charge in [-0.3, -0.25) is 14.8 Å². The molecule has 0 spiro atoms. The number of oxazole rings is 1. The smallest absolute Gasteiger partial charge is 0.181 e. The van der Waals surface area contributed by atoms with Crippen molar-refractivity contribution in [3.63, 3.8) is 0 Å². The van der Waals surface area contributed by atoms with Gasteiger partial charge in [0.15, 0.2) is 6.39 Å². The minimum absolute atomic E-state index is 0.226. The maximum absolute atomic E-state index is 13.8. The van der Waals surface area contributed by atoms with Crippen molar-refractivity contribution in [2.45, 2.75) is 45.8 Å². The molecule has 130 valence electrons. The Morgan fingerprint density at radius 2 is 2.17 bits per heavy atom. The van der Waals surface area contributed by atoms with Gasteiger partial charge in [-0.2, -0.15) is 0 Å². The normalized spacial score (nSPS) is 20.0. The predicted molar refractivity (Wildman–Crippen MR) is 89.9 cm³/mol. The molecule has 1 fully saturated rings. The zero-order chi connectivity index (χ0) is 17.1. The van der Waals surface area contributed by atoms with Crippen molar-refractivity contribution in [3.05, 3.63) is 47.7 Å². The fourth-order valence-electron chi connectivity index (χ4n) is 3.28. The van der Waals surface area contributed by atoms with E-state index in [1.165, 1.54) is 12.6 Å². The second-order valence-corrected chi connectivity index (χ2v) is 6.84. The highest BCUT2D eigenvalue weighted by Gasteiger charge is 2.26. The van der Waals surface area contributed by atoms with E-state index in [0.29, 0.717) is 24.1 Å². The van der Waals surface area contributed by atoms with Crippen molar-refractivity contribution in [2.75, 3.05) is 19.6 Å². The minimum Gasteiger partial charge on any atom is -0.448 e. The highest BCUT2D eigenvalue weighted by Crippen LogP contribution is 2.22. The highest BCUT2D eigenvalue weighted by atomic mass is 19.1. The van der Waals surface area contributed by atoms with Crippen molar-refractivity contribution in [3.8, 4) is 0 Å². The summed E-state index contributed by atoms with van der Waals surface area (Å²) in [6, 6.07) is 2.12. The van der Waals surface area contributed by atoms with Crippen molar-refractivity contribution in [1.82, 2.24) is 19.8 Å². The van der Waals surface area contributed by atoms with Crippen LogP contribution in [0.5, 0.6) is 0 Å². The van der Waals surface area contributed by atoms with Crippen LogP contribution in [0.1, 0.15) is 43.7 Å². The van der Waals surface area contributed by atoms with Gasteiger partial charge in [0.2, 0.25) is 0 Å². The van der Waals surface area contributed by atoms with Crippen molar-refractivity contribution in [2.24, 2.45) is 0 Å². The minimum atomic E-state index is -0.226. The highest BCUT2D eigenvalue weighted by molar-refractivity contribution is 5.13. The molecule has 0 amide bonds. The molecule has 1 atom stereocenters. The third-order valence-corrected chi connectivity index (χ3v) is 4.65. The monoisotopic (exact) mass is 332 g/mol. The number of halogens is 1. The van der Waals surface area contributed by atoms with Crippen LogP contribution in [-0.4, -0.2) is 45.4 Å². The van der Waals surface area contributed by atoms with E-state index in [1.807, 2.05) is 0 Å². The van der Waals surface area contributed by atoms with Crippen LogP contribution in [-0.2, 0) is 13.1 Å². The van der Waals surface area contributed by atoms with Crippen LogP contribution in [0.3, 0.4) is 0 Å². The molecular weight excluding hydrogens is 307 g/mol. The number of nitrogens with zero attached hydrogens (tertiary/aromatic N) is 4. The van der Waals surface area contributed by atoms with Gasteiger partial charge >= 0.3 is 0 Å². The molecule has 0 saturated carbocycles. The summed E-state index contributed by atoms with van der Waals surface area (Å²) in [5.41, 5.74) is 1.75. The summed E-state index contributed by atoms with van der Waals surface area (Å²) in [6.45, 7) is 10.7. The van der Waals surface area contributed by atoms with Gasteiger partial charge in [-0.25, -0.2) is 9.37 Å². The topological polar surface area (TPSA) is 45.4 Å². The second-order valence-electron chi connectivity index (χ2n) is 6.84. The van der Waals surface area contributed by atoms with E-state index in [-0.39, 0.29) is 5.82 Å². The van der Waals surface area contributed by atoms with Crippen LogP contribution in [0.4, 0.5) is 4.39 Å². The largest absolute Gasteiger partial charge is 0.448 e. The lowest BCUT2D eigenvalue weighted by molar-refractivity contribution is 0.0714. The summed E-state index contributed by atoms with van der Waals surface area (Å²) >= 11 is 0. The Kier molecular flexibility index (Phi) is 5.26. The Labute approximate surface area is 142 Å². The fraction of sp³-hybridized carbons (Fsp3) is 0.556. The molecule has 0 N–H and O–H groups in total. The molecule has 2 aromatic rings. The first kappa shape index (κ1) is 17.0. The molecule has 5 nitrogen and oxygen atoms in total. The molecule has 0 bridgehead atoms. The molecule has 0 aromatic carbocycles. The molecule has 2 aromatic heterocycles. The lowest BCUT2D eigenvalue weighted by atomic mass is 10.1. The maximum atomic E-state index is 13.8. The molecule has 1 unspecified atom stereocenters. The summed E-state index contributed by atoms with van der Waals surface area (Å²) in [5.74, 6) is 1.09. The fourth-order valence-corrected chi connectivity index (χ4v) is 3.28. The third kappa shape index (κ3) is 3.82. The third-order valence-electron chi connectivity index (χ3n) is 4.65. The predicted octanol–water partition coefficient (Wildman–Crippen LogP) is 3.04. The molecule has 0 aliphatic carbocycles. The first-order valence-electron chi connectivity index (χ1n) is 8.51. The Morgan fingerprint density at radius 3 is 2.88 bits per heavy atom. The van der Waals surface area contributed by atoms with Crippen LogP contribution in [0.2, 0.25) is 0 Å². The molecule has 0 radical (unpaired) electrons. The van der Waals surface area contributed by atoms with Gasteiger partial charge in [-0.1, -0.05) is 13.8 Å². The van der Waals surface area contributed by atoms with E-state index in [9.17, 15) is 4.39 Å². The van der Waals surface area contributed by atoms with E-state index in [0.717, 1.165) is 37.6 Å². The number of aromatic nitrogens is 2. The van der Waals surface area contributed by atoms with Gasteiger partial charge in [0.05, 0.1) is 11.9 Å². The van der Waals surface area contributed by atoms with E-state index >= 15 is 0 Å². The maximum Gasteiger partial charge on any atom is 0.181 e. The molecule has 3 rings (SSSR count). The van der Waals surface area contributed by atoms with Gasteiger partial charge in [0, 0.05) is 56.4 Å². The second kappa shape index (κ2) is 7.40. The van der Waals surface area contributed by atoms with Crippen LogP contribution in [0.15, 0.2) is 29.3 Å². The molecular formula is C18H25FN4O. The van der Waals surface area contributed by atoms with E-state index in [4.69, 9.17) is 4.42 Å². The molecule has 1 aliphatic rings. The lowest BCUT2D eigenvalue weighted by Gasteiger charge is -2.39. The molecule has 6 heteroatoms. The Hall–Kier alpha value is -1.79. The molecule has 1 aliphatic heterocycles. The van der Waals surface area contributed by atoms with Crippen molar-refractivity contribution < 1.29 is 8.81 Å². The first-order valence-corrected chi connectivity index (χ1v) is 8.51. The van der Waals surface area contributed by atoms with Gasteiger partial charge in [0.25, 0.3) is 0 Å². The lowest BCUT2D eigenvalue weighted by Crippen LogP contribution is -2.51. The number of pyridine rings is 1. The first-order chi connectivity index (χ1) is 11.5. The Bertz CT molecular complexity index is 673. The molecule has 1 saturated heterocycles. The van der Waals surface area contributed by atoms with E-state index in [2.05, 4.69) is 40.5 Å². The quantitative estimate of drug-likeness (QED) is 0.842. The van der Waals surface area contributed by atoms with Gasteiger partial charge in [-0.05, 0) is 13.0 Å². The van der Waals surface area contributed by atoms with E-state index in [1.54, 1.807) is 12.3 Å². The van der Waals surface area contributed by atoms with Crippen LogP contribution in [0.25, 0.3) is 0 Å². The number of piperazine rings is 1. The summed E-state index contributed by atoms with van der Waals surface area (Å²) in [6.07, 6.45) is 4.47. The summed E-state index contributed by atoms with van der Waals surface area (Å²) in [7, 11) is 0. The number of hydrogen-bond acceptors (Lipinski definition) is 5. The number of hydrogen-bond donors (Lipinski definition) is 0.